The van der Waals surface area contributed by atoms with Gasteiger partial charge in [-0.3, -0.25) is 5.32 Å². The number of nitrogens with one attached hydrogen (secondary N) is 2. The van der Waals surface area contributed by atoms with Crippen LogP contribution in [-0.2, 0) is 9.53 Å². The van der Waals surface area contributed by atoms with Crippen LogP contribution < -0.4 is 5.32 Å². The number of carbonyl (C=O) groups excluding carboxylic acids is 1. The fourth-order valence-corrected chi connectivity index (χ4v) is 2.76. The molecule has 1 fully saturated rings. The number of aromatic amines is 1. The SMILES string of the molecule is Cc1c([C@@H]2N[C@H](C(C)C)COC2=O)[nH]c2ccccc12. The van der Waals surface area contributed by atoms with Crippen molar-refractivity contribution < 1.29 is 9.53 Å². The Bertz CT molecular complexity index is 645. The van der Waals surface area contributed by atoms with Crippen LogP contribution >= 0.6 is 0 Å². The van der Waals surface area contributed by atoms with E-state index in [2.05, 4.69) is 30.2 Å². The Labute approximate surface area is 118 Å². The van der Waals surface area contributed by atoms with E-state index in [0.717, 1.165) is 22.2 Å². The highest BCUT2D eigenvalue weighted by Gasteiger charge is 2.34. The second kappa shape index (κ2) is 4.94. The van der Waals surface area contributed by atoms with Gasteiger partial charge in [-0.25, -0.2) is 4.79 Å². The van der Waals surface area contributed by atoms with E-state index >= 15 is 0 Å². The molecule has 0 amide bonds. The summed E-state index contributed by atoms with van der Waals surface area (Å²) >= 11 is 0. The van der Waals surface area contributed by atoms with Crippen molar-refractivity contribution in [2.75, 3.05) is 6.61 Å². The Balaban J connectivity index is 2.00. The number of esters is 1. The summed E-state index contributed by atoms with van der Waals surface area (Å²) in [4.78, 5) is 15.4. The minimum absolute atomic E-state index is 0.198. The molecule has 1 aliphatic heterocycles. The van der Waals surface area contributed by atoms with Gasteiger partial charge in [0.1, 0.15) is 12.6 Å². The van der Waals surface area contributed by atoms with E-state index in [1.54, 1.807) is 0 Å². The maximum absolute atomic E-state index is 12.1. The lowest BCUT2D eigenvalue weighted by Gasteiger charge is -2.32. The molecule has 4 heteroatoms. The Kier molecular flexibility index (Phi) is 3.26. The number of benzene rings is 1. The summed E-state index contributed by atoms with van der Waals surface area (Å²) in [5.74, 6) is 0.229. The lowest BCUT2D eigenvalue weighted by molar-refractivity contribution is -0.152. The van der Waals surface area contributed by atoms with Gasteiger partial charge in [-0.15, -0.1) is 0 Å². The van der Waals surface area contributed by atoms with Crippen LogP contribution in [0.3, 0.4) is 0 Å². The van der Waals surface area contributed by atoms with Crippen molar-refractivity contribution in [2.24, 2.45) is 5.92 Å². The largest absolute Gasteiger partial charge is 0.463 e. The molecular weight excluding hydrogens is 252 g/mol. The first kappa shape index (κ1) is 13.2. The molecule has 2 atom stereocenters. The molecule has 1 aromatic heterocycles. The molecule has 0 radical (unpaired) electrons. The maximum atomic E-state index is 12.1. The fourth-order valence-electron chi connectivity index (χ4n) is 2.76. The van der Waals surface area contributed by atoms with E-state index in [-0.39, 0.29) is 12.0 Å². The number of cyclic esters (lactones) is 1. The van der Waals surface area contributed by atoms with Crippen molar-refractivity contribution in [1.29, 1.82) is 0 Å². The molecule has 2 aromatic rings. The predicted octanol–water partition coefficient (Wildman–Crippen LogP) is 2.69. The van der Waals surface area contributed by atoms with Crippen LogP contribution in [0.1, 0.15) is 31.1 Å². The first-order valence-corrected chi connectivity index (χ1v) is 7.08. The van der Waals surface area contributed by atoms with E-state index in [9.17, 15) is 4.79 Å². The second-order valence-electron chi connectivity index (χ2n) is 5.79. The van der Waals surface area contributed by atoms with Crippen LogP contribution in [0.2, 0.25) is 0 Å². The van der Waals surface area contributed by atoms with Gasteiger partial charge in [-0.05, 0) is 24.5 Å². The summed E-state index contributed by atoms with van der Waals surface area (Å²) in [6.45, 7) is 6.76. The average molecular weight is 272 g/mol. The summed E-state index contributed by atoms with van der Waals surface area (Å²) in [6, 6.07) is 7.90. The number of morpholine rings is 1. The first-order chi connectivity index (χ1) is 9.58. The molecule has 1 aromatic carbocycles. The number of para-hydroxylation sites is 1. The zero-order valence-electron chi connectivity index (χ0n) is 12.1. The number of rotatable bonds is 2. The lowest BCUT2D eigenvalue weighted by Crippen LogP contribution is -2.49. The number of hydrogen-bond donors (Lipinski definition) is 2. The molecule has 1 saturated heterocycles. The Morgan fingerprint density at radius 3 is 2.75 bits per heavy atom. The number of carbonyl (C=O) groups is 1. The third-order valence-electron chi connectivity index (χ3n) is 4.12. The number of aromatic nitrogens is 1. The van der Waals surface area contributed by atoms with Crippen molar-refractivity contribution in [1.82, 2.24) is 10.3 Å². The van der Waals surface area contributed by atoms with E-state index in [4.69, 9.17) is 4.74 Å². The normalized spacial score (nSPS) is 23.3. The zero-order chi connectivity index (χ0) is 14.3. The molecule has 2 N–H and O–H groups in total. The minimum atomic E-state index is -0.399. The monoisotopic (exact) mass is 272 g/mol. The molecule has 0 bridgehead atoms. The van der Waals surface area contributed by atoms with Crippen LogP contribution in [-0.4, -0.2) is 23.6 Å². The molecule has 4 nitrogen and oxygen atoms in total. The van der Waals surface area contributed by atoms with Crippen molar-refractivity contribution in [3.8, 4) is 0 Å². The van der Waals surface area contributed by atoms with Crippen LogP contribution in [0.5, 0.6) is 0 Å². The van der Waals surface area contributed by atoms with Crippen LogP contribution in [0, 0.1) is 12.8 Å². The number of ether oxygens (including phenoxy) is 1. The third kappa shape index (κ3) is 2.10. The van der Waals surface area contributed by atoms with Crippen molar-refractivity contribution in [2.45, 2.75) is 32.9 Å². The molecule has 1 aliphatic rings. The molecule has 2 heterocycles. The van der Waals surface area contributed by atoms with Gasteiger partial charge in [0, 0.05) is 22.6 Å². The highest BCUT2D eigenvalue weighted by atomic mass is 16.5. The van der Waals surface area contributed by atoms with Crippen molar-refractivity contribution in [3.05, 3.63) is 35.5 Å². The second-order valence-corrected chi connectivity index (χ2v) is 5.79. The van der Waals surface area contributed by atoms with Gasteiger partial charge >= 0.3 is 5.97 Å². The highest BCUT2D eigenvalue weighted by molar-refractivity contribution is 5.88. The summed E-state index contributed by atoms with van der Waals surface area (Å²) < 4.78 is 5.35. The molecule has 0 aliphatic carbocycles. The van der Waals surface area contributed by atoms with E-state index in [1.165, 1.54) is 0 Å². The smallest absolute Gasteiger partial charge is 0.329 e. The average Bonchev–Trinajstić information content (AvgIpc) is 2.77. The van der Waals surface area contributed by atoms with E-state index < -0.39 is 6.04 Å². The maximum Gasteiger partial charge on any atom is 0.329 e. The minimum Gasteiger partial charge on any atom is -0.463 e. The quantitative estimate of drug-likeness (QED) is 0.826. The molecule has 0 saturated carbocycles. The number of H-pyrrole nitrogens is 1. The first-order valence-electron chi connectivity index (χ1n) is 7.08. The summed E-state index contributed by atoms with van der Waals surface area (Å²) in [6.07, 6.45) is 0. The number of aryl methyl sites for hydroxylation is 1. The van der Waals surface area contributed by atoms with Crippen LogP contribution in [0.4, 0.5) is 0 Å². The fraction of sp³-hybridized carbons (Fsp3) is 0.438. The predicted molar refractivity (Wildman–Crippen MR) is 78.5 cm³/mol. The zero-order valence-corrected chi connectivity index (χ0v) is 12.1. The van der Waals surface area contributed by atoms with Gasteiger partial charge in [-0.2, -0.15) is 0 Å². The summed E-state index contributed by atoms with van der Waals surface area (Å²) in [5, 5.41) is 4.57. The molecule has 20 heavy (non-hydrogen) atoms. The molecular formula is C16H20N2O2. The van der Waals surface area contributed by atoms with E-state index in [1.807, 2.05) is 25.1 Å². The molecule has 106 valence electrons. The van der Waals surface area contributed by atoms with Gasteiger partial charge in [0.05, 0.1) is 0 Å². The summed E-state index contributed by atoms with van der Waals surface area (Å²) in [5.41, 5.74) is 3.09. The van der Waals surface area contributed by atoms with Crippen molar-refractivity contribution in [3.63, 3.8) is 0 Å². The topological polar surface area (TPSA) is 54.1 Å². The van der Waals surface area contributed by atoms with Gasteiger partial charge in [0.2, 0.25) is 0 Å². The lowest BCUT2D eigenvalue weighted by atomic mass is 10.00. The highest BCUT2D eigenvalue weighted by Crippen LogP contribution is 2.29. The molecule has 3 rings (SSSR count). The standard InChI is InChI=1S/C16H20N2O2/c1-9(2)13-8-20-16(19)15(18-13)14-10(3)11-6-4-5-7-12(11)17-14/h4-7,9,13,15,17-18H,8H2,1-3H3/t13-,15-/m0/s1. The molecule has 0 unspecified atom stereocenters. The van der Waals surface area contributed by atoms with Crippen LogP contribution in [0.25, 0.3) is 10.9 Å². The van der Waals surface area contributed by atoms with Gasteiger partial charge in [-0.1, -0.05) is 32.0 Å². The van der Waals surface area contributed by atoms with Gasteiger partial charge in [0.15, 0.2) is 0 Å². The Morgan fingerprint density at radius 2 is 2.05 bits per heavy atom. The van der Waals surface area contributed by atoms with Crippen LogP contribution in [0.15, 0.2) is 24.3 Å². The number of hydrogen-bond acceptors (Lipinski definition) is 3. The molecule has 0 spiro atoms. The third-order valence-corrected chi connectivity index (χ3v) is 4.12. The van der Waals surface area contributed by atoms with Gasteiger partial charge in [0.25, 0.3) is 0 Å². The Hall–Kier alpha value is -1.81. The van der Waals surface area contributed by atoms with Crippen molar-refractivity contribution >= 4 is 16.9 Å². The Morgan fingerprint density at radius 1 is 1.30 bits per heavy atom. The summed E-state index contributed by atoms with van der Waals surface area (Å²) in [7, 11) is 0. The van der Waals surface area contributed by atoms with Gasteiger partial charge < -0.3 is 9.72 Å². The van der Waals surface area contributed by atoms with E-state index in [0.29, 0.717) is 12.5 Å². The number of fused-ring (bicyclic) bond motifs is 1.